The number of thiazole rings is 1. The predicted octanol–water partition coefficient (Wildman–Crippen LogP) is 5.50. The summed E-state index contributed by atoms with van der Waals surface area (Å²) in [5.74, 6) is 1.02. The fraction of sp³-hybridized carbons (Fsp3) is 0.208. The predicted molar refractivity (Wildman–Crippen MR) is 120 cm³/mol. The summed E-state index contributed by atoms with van der Waals surface area (Å²) in [6, 6.07) is 18.1. The number of ketones is 1. The van der Waals surface area contributed by atoms with Gasteiger partial charge >= 0.3 is 0 Å². The standard InChI is InChI=1S/C24H21N3O2S/c1-29-17-12-10-15(11-13-17)14-25-24-27-23-22(30-24)20(16-6-3-2-4-7-16)21-18(26-23)8-5-9-19(21)28/h2-4,6-7,10-13H,5,8-9,14H2,1H3,(H,25,26,27). The second-order valence-corrected chi connectivity index (χ2v) is 8.32. The number of rotatable bonds is 5. The van der Waals surface area contributed by atoms with Gasteiger partial charge in [-0.1, -0.05) is 53.8 Å². The second-order valence-electron chi connectivity index (χ2n) is 7.32. The molecule has 30 heavy (non-hydrogen) atoms. The van der Waals surface area contributed by atoms with Crippen molar-refractivity contribution in [2.24, 2.45) is 0 Å². The molecule has 0 amide bonds. The van der Waals surface area contributed by atoms with Crippen molar-refractivity contribution in [1.29, 1.82) is 0 Å². The number of anilines is 1. The Morgan fingerprint density at radius 1 is 1.00 bits per heavy atom. The van der Waals surface area contributed by atoms with E-state index in [4.69, 9.17) is 14.7 Å². The summed E-state index contributed by atoms with van der Waals surface area (Å²) in [6.07, 6.45) is 2.26. The van der Waals surface area contributed by atoms with Gasteiger partial charge in [-0.15, -0.1) is 0 Å². The van der Waals surface area contributed by atoms with Crippen molar-refractivity contribution in [2.75, 3.05) is 12.4 Å². The number of fused-ring (bicyclic) bond motifs is 2. The number of nitrogens with zero attached hydrogens (tertiary/aromatic N) is 2. The molecule has 0 unspecified atom stereocenters. The molecule has 0 fully saturated rings. The van der Waals surface area contributed by atoms with Gasteiger partial charge in [0, 0.05) is 24.1 Å². The Kier molecular flexibility index (Phi) is 4.93. The molecule has 1 N–H and O–H groups in total. The number of methoxy groups -OCH3 is 1. The molecule has 0 saturated heterocycles. The van der Waals surface area contributed by atoms with Gasteiger partial charge in [-0.05, 0) is 36.1 Å². The molecule has 2 aromatic heterocycles. The van der Waals surface area contributed by atoms with Crippen LogP contribution in [0, 0.1) is 0 Å². The van der Waals surface area contributed by atoms with Crippen molar-refractivity contribution >= 4 is 32.6 Å². The smallest absolute Gasteiger partial charge is 0.185 e. The number of aromatic nitrogens is 2. The van der Waals surface area contributed by atoms with E-state index in [-0.39, 0.29) is 5.78 Å². The molecule has 5 nitrogen and oxygen atoms in total. The molecule has 0 saturated carbocycles. The van der Waals surface area contributed by atoms with Gasteiger partial charge in [0.2, 0.25) is 0 Å². The first-order chi connectivity index (χ1) is 14.7. The van der Waals surface area contributed by atoms with Crippen molar-refractivity contribution in [2.45, 2.75) is 25.8 Å². The Morgan fingerprint density at radius 2 is 1.80 bits per heavy atom. The summed E-state index contributed by atoms with van der Waals surface area (Å²) in [5.41, 5.74) is 5.54. The van der Waals surface area contributed by atoms with Gasteiger partial charge in [-0.2, -0.15) is 0 Å². The van der Waals surface area contributed by atoms with Gasteiger partial charge in [-0.25, -0.2) is 9.97 Å². The summed E-state index contributed by atoms with van der Waals surface area (Å²) in [7, 11) is 1.66. The zero-order valence-electron chi connectivity index (χ0n) is 16.6. The molecule has 0 radical (unpaired) electrons. The molecule has 150 valence electrons. The summed E-state index contributed by atoms with van der Waals surface area (Å²) in [4.78, 5) is 22.3. The van der Waals surface area contributed by atoms with Crippen LogP contribution in [-0.4, -0.2) is 22.9 Å². The van der Waals surface area contributed by atoms with Crippen LogP contribution >= 0.6 is 11.3 Å². The summed E-state index contributed by atoms with van der Waals surface area (Å²) < 4.78 is 6.18. The third-order valence-electron chi connectivity index (χ3n) is 5.38. The molecular weight excluding hydrogens is 394 g/mol. The lowest BCUT2D eigenvalue weighted by molar-refractivity contribution is 0.0972. The van der Waals surface area contributed by atoms with Crippen LogP contribution in [0.25, 0.3) is 21.5 Å². The Balaban J connectivity index is 1.55. The molecule has 6 heteroatoms. The average molecular weight is 416 g/mol. The Morgan fingerprint density at radius 3 is 2.57 bits per heavy atom. The Bertz CT molecular complexity index is 1220. The highest BCUT2D eigenvalue weighted by atomic mass is 32.1. The number of carbonyl (C=O) groups excluding carboxylic acids is 1. The highest BCUT2D eigenvalue weighted by molar-refractivity contribution is 7.22. The van der Waals surface area contributed by atoms with E-state index in [0.29, 0.717) is 18.6 Å². The number of Topliss-reactive ketones (excluding diaryl/α,β-unsaturated/α-hetero) is 1. The summed E-state index contributed by atoms with van der Waals surface area (Å²) >= 11 is 1.56. The molecule has 0 bridgehead atoms. The maximum Gasteiger partial charge on any atom is 0.185 e. The molecule has 5 rings (SSSR count). The van der Waals surface area contributed by atoms with E-state index in [0.717, 1.165) is 56.4 Å². The first-order valence-corrected chi connectivity index (χ1v) is 10.8. The first-order valence-electron chi connectivity index (χ1n) is 10.0. The van der Waals surface area contributed by atoms with Gasteiger partial charge in [0.05, 0.1) is 17.5 Å². The van der Waals surface area contributed by atoms with Gasteiger partial charge in [0.25, 0.3) is 0 Å². The molecule has 0 spiro atoms. The van der Waals surface area contributed by atoms with E-state index in [1.165, 1.54) is 0 Å². The van der Waals surface area contributed by atoms with Crippen LogP contribution in [0.15, 0.2) is 54.6 Å². The van der Waals surface area contributed by atoms with E-state index in [9.17, 15) is 4.79 Å². The van der Waals surface area contributed by atoms with Crippen LogP contribution in [0.5, 0.6) is 5.75 Å². The lowest BCUT2D eigenvalue weighted by Crippen LogP contribution is -2.14. The van der Waals surface area contributed by atoms with Gasteiger partial charge in [-0.3, -0.25) is 4.79 Å². The van der Waals surface area contributed by atoms with Crippen LogP contribution in [0.4, 0.5) is 5.13 Å². The van der Waals surface area contributed by atoms with Crippen molar-refractivity contribution in [1.82, 2.24) is 9.97 Å². The third kappa shape index (κ3) is 3.44. The minimum atomic E-state index is 0.186. The second kappa shape index (κ2) is 7.88. The lowest BCUT2D eigenvalue weighted by Gasteiger charge is -2.18. The van der Waals surface area contributed by atoms with Crippen LogP contribution in [-0.2, 0) is 13.0 Å². The highest BCUT2D eigenvalue weighted by Crippen LogP contribution is 2.40. The summed E-state index contributed by atoms with van der Waals surface area (Å²) in [6.45, 7) is 0.656. The van der Waals surface area contributed by atoms with Crippen LogP contribution in [0.1, 0.15) is 34.5 Å². The first kappa shape index (κ1) is 18.8. The van der Waals surface area contributed by atoms with Crippen molar-refractivity contribution in [3.8, 4) is 16.9 Å². The number of hydrogen-bond acceptors (Lipinski definition) is 6. The van der Waals surface area contributed by atoms with Gasteiger partial charge in [0.1, 0.15) is 5.75 Å². The maximum atomic E-state index is 12.8. The van der Waals surface area contributed by atoms with E-state index < -0.39 is 0 Å². The van der Waals surface area contributed by atoms with Gasteiger partial charge < -0.3 is 10.1 Å². The Hall–Kier alpha value is -3.25. The molecule has 0 atom stereocenters. The molecular formula is C24H21N3O2S. The van der Waals surface area contributed by atoms with E-state index in [1.54, 1.807) is 18.4 Å². The van der Waals surface area contributed by atoms with E-state index in [1.807, 2.05) is 42.5 Å². The van der Waals surface area contributed by atoms with Crippen molar-refractivity contribution < 1.29 is 9.53 Å². The number of ether oxygens (including phenoxy) is 1. The highest BCUT2D eigenvalue weighted by Gasteiger charge is 2.26. The van der Waals surface area contributed by atoms with Crippen molar-refractivity contribution in [3.05, 3.63) is 71.4 Å². The van der Waals surface area contributed by atoms with Crippen LogP contribution in [0.3, 0.4) is 0 Å². The van der Waals surface area contributed by atoms with E-state index >= 15 is 0 Å². The normalized spacial score (nSPS) is 13.3. The lowest BCUT2D eigenvalue weighted by atomic mass is 9.88. The molecule has 0 aliphatic heterocycles. The number of hydrogen-bond donors (Lipinski definition) is 1. The molecule has 4 aromatic rings. The van der Waals surface area contributed by atoms with Crippen LogP contribution in [0.2, 0.25) is 0 Å². The fourth-order valence-electron chi connectivity index (χ4n) is 3.89. The quantitative estimate of drug-likeness (QED) is 0.466. The van der Waals surface area contributed by atoms with Crippen LogP contribution < -0.4 is 10.1 Å². The number of pyridine rings is 1. The number of benzene rings is 2. The molecule has 2 heterocycles. The number of carbonyl (C=O) groups is 1. The maximum absolute atomic E-state index is 12.8. The zero-order chi connectivity index (χ0) is 20.5. The molecule has 1 aliphatic carbocycles. The van der Waals surface area contributed by atoms with Gasteiger partial charge in [0.15, 0.2) is 16.6 Å². The van der Waals surface area contributed by atoms with E-state index in [2.05, 4.69) is 17.4 Å². The Labute approximate surface area is 178 Å². The minimum absolute atomic E-state index is 0.186. The molecule has 1 aliphatic rings. The molecule has 2 aromatic carbocycles. The monoisotopic (exact) mass is 415 g/mol. The minimum Gasteiger partial charge on any atom is -0.497 e. The largest absolute Gasteiger partial charge is 0.497 e. The number of aryl methyl sites for hydroxylation is 1. The SMILES string of the molecule is COc1ccc(CNc2nc3nc4c(c(-c5ccccc5)c3s2)C(=O)CCC4)cc1. The van der Waals surface area contributed by atoms with Crippen molar-refractivity contribution in [3.63, 3.8) is 0 Å². The average Bonchev–Trinajstić information content (AvgIpc) is 3.20. The third-order valence-corrected chi connectivity index (χ3v) is 6.40. The number of nitrogens with one attached hydrogen (secondary N) is 1. The summed E-state index contributed by atoms with van der Waals surface area (Å²) in [5, 5.41) is 4.22. The zero-order valence-corrected chi connectivity index (χ0v) is 17.5. The topological polar surface area (TPSA) is 64.1 Å². The fourth-order valence-corrected chi connectivity index (χ4v) is 4.87.